The SMILES string of the molecule is Bc1c(-c2ccccc2)c(B)c2c(oc3c(B)c(-c4nc(-c5ccc(-c6ccccc6)cc5)nc(-c5ccc(-c6ccccc6)cc5)n4)c(B)c(B)c32)c1B. The smallest absolute Gasteiger partial charge is 0.164 e. The van der Waals surface area contributed by atoms with Crippen molar-refractivity contribution in [2.45, 2.75) is 0 Å². The number of hydrogen-bond donors (Lipinski definition) is 0. The fraction of sp³-hybridized carbons (Fsp3) is 0. The van der Waals surface area contributed by atoms with E-state index < -0.39 is 0 Å². The van der Waals surface area contributed by atoms with Crippen molar-refractivity contribution >= 4 is 102 Å². The van der Waals surface area contributed by atoms with Crippen LogP contribution < -0.4 is 32.8 Å². The lowest BCUT2D eigenvalue weighted by Crippen LogP contribution is -2.36. The highest BCUT2D eigenvalue weighted by Crippen LogP contribution is 2.31. The third kappa shape index (κ3) is 5.93. The number of benzene rings is 7. The zero-order chi connectivity index (χ0) is 37.8. The predicted octanol–water partition coefficient (Wildman–Crippen LogP) is 1.32. The van der Waals surface area contributed by atoms with Gasteiger partial charge in [0.2, 0.25) is 0 Å². The van der Waals surface area contributed by atoms with E-state index in [-0.39, 0.29) is 0 Å². The Bertz CT molecular complexity index is 2800. The zero-order valence-electron chi connectivity index (χ0n) is 32.0. The maximum absolute atomic E-state index is 6.93. The molecule has 2 heterocycles. The highest BCUT2D eigenvalue weighted by atomic mass is 16.3. The highest BCUT2D eigenvalue weighted by Gasteiger charge is 2.25. The Morgan fingerprint density at radius 3 is 1.15 bits per heavy atom. The van der Waals surface area contributed by atoms with Crippen molar-refractivity contribution in [3.05, 3.63) is 140 Å². The van der Waals surface area contributed by atoms with Crippen LogP contribution in [-0.4, -0.2) is 62.0 Å². The number of aromatic nitrogens is 3. The van der Waals surface area contributed by atoms with Crippen LogP contribution in [0.2, 0.25) is 0 Å². The van der Waals surface area contributed by atoms with Crippen molar-refractivity contribution in [2.24, 2.45) is 0 Å². The summed E-state index contributed by atoms with van der Waals surface area (Å²) in [5, 5.41) is 2.34. The molecule has 0 saturated heterocycles. The third-order valence-corrected chi connectivity index (χ3v) is 11.4. The van der Waals surface area contributed by atoms with Gasteiger partial charge < -0.3 is 4.42 Å². The Morgan fingerprint density at radius 2 is 0.655 bits per heavy atom. The summed E-state index contributed by atoms with van der Waals surface area (Å²) in [5.74, 6) is 1.89. The standard InChI is InChI=1S/C45H35B6N3O/c46-35-31(28-14-8-3-9-15-28)36(47)40(51)42-32(35)33-37(48)38(49)34(39(50)41(33)55-42)45-53-43(29-20-16-26(17-21-29)24-10-4-1-5-11-24)52-44(54-45)30-22-18-27(19-23-30)25-12-6-2-7-13-25/h1-23H,46-51H2. The molecular weight excluding hydrogens is 663 g/mol. The minimum absolute atomic E-state index is 0.628. The zero-order valence-corrected chi connectivity index (χ0v) is 32.0. The van der Waals surface area contributed by atoms with E-state index >= 15 is 0 Å². The second kappa shape index (κ2) is 13.9. The van der Waals surface area contributed by atoms with Crippen LogP contribution in [0, 0.1) is 0 Å². The first-order valence-electron chi connectivity index (χ1n) is 18.9. The minimum atomic E-state index is 0.628. The van der Waals surface area contributed by atoms with Gasteiger partial charge in [0, 0.05) is 27.5 Å². The largest absolute Gasteiger partial charge is 0.457 e. The maximum Gasteiger partial charge on any atom is 0.164 e. The molecule has 254 valence electrons. The number of furan rings is 1. The van der Waals surface area contributed by atoms with Gasteiger partial charge in [-0.2, -0.15) is 0 Å². The first-order valence-corrected chi connectivity index (χ1v) is 18.9. The van der Waals surface area contributed by atoms with E-state index in [1.807, 2.05) is 12.1 Å². The average Bonchev–Trinajstić information content (AvgIpc) is 3.65. The van der Waals surface area contributed by atoms with E-state index in [9.17, 15) is 0 Å². The molecule has 4 nitrogen and oxygen atoms in total. The molecule has 0 spiro atoms. The van der Waals surface area contributed by atoms with Gasteiger partial charge in [-0.25, -0.2) is 15.0 Å². The maximum atomic E-state index is 6.93. The van der Waals surface area contributed by atoms with Gasteiger partial charge in [-0.1, -0.05) is 167 Å². The van der Waals surface area contributed by atoms with E-state index in [2.05, 4.69) is 174 Å². The molecule has 0 amide bonds. The monoisotopic (exact) mass is 699 g/mol. The van der Waals surface area contributed by atoms with E-state index in [1.165, 1.54) is 44.0 Å². The molecule has 10 heteroatoms. The van der Waals surface area contributed by atoms with Crippen molar-refractivity contribution in [1.29, 1.82) is 0 Å². The Hall–Kier alpha value is -6.26. The lowest BCUT2D eigenvalue weighted by molar-refractivity contribution is 0.675. The Balaban J connectivity index is 1.25. The number of fused-ring (bicyclic) bond motifs is 3. The molecule has 55 heavy (non-hydrogen) atoms. The summed E-state index contributed by atoms with van der Waals surface area (Å²) in [4.78, 5) is 15.6. The lowest BCUT2D eigenvalue weighted by atomic mass is 9.67. The molecule has 0 unspecified atom stereocenters. The Morgan fingerprint density at radius 1 is 0.291 bits per heavy atom. The second-order valence-electron chi connectivity index (χ2n) is 14.6. The van der Waals surface area contributed by atoms with Crippen LogP contribution >= 0.6 is 0 Å². The molecule has 0 N–H and O–H groups in total. The molecule has 0 aliphatic carbocycles. The van der Waals surface area contributed by atoms with Crippen LogP contribution in [0.1, 0.15) is 0 Å². The lowest BCUT2D eigenvalue weighted by Gasteiger charge is -2.17. The average molecular weight is 699 g/mol. The molecule has 0 saturated carbocycles. The predicted molar refractivity (Wildman–Crippen MR) is 249 cm³/mol. The molecule has 0 aliphatic heterocycles. The molecule has 9 aromatic rings. The molecule has 0 radical (unpaired) electrons. The van der Waals surface area contributed by atoms with E-state index in [0.717, 1.165) is 60.8 Å². The molecule has 0 bridgehead atoms. The van der Waals surface area contributed by atoms with Gasteiger partial charge in [0.15, 0.2) is 17.5 Å². The number of nitrogens with zero attached hydrogens (tertiary/aromatic N) is 3. The van der Waals surface area contributed by atoms with E-state index in [0.29, 0.717) is 17.5 Å². The topological polar surface area (TPSA) is 51.8 Å². The molecule has 7 aromatic carbocycles. The fourth-order valence-electron chi connectivity index (χ4n) is 8.21. The summed E-state index contributed by atoms with van der Waals surface area (Å²) in [7, 11) is 13.2. The van der Waals surface area contributed by atoms with Crippen molar-refractivity contribution in [3.8, 4) is 67.5 Å². The summed E-state index contributed by atoms with van der Waals surface area (Å²) in [6.45, 7) is 0. The van der Waals surface area contributed by atoms with Crippen molar-refractivity contribution < 1.29 is 4.42 Å². The molecule has 2 aromatic heterocycles. The van der Waals surface area contributed by atoms with Gasteiger partial charge >= 0.3 is 0 Å². The number of hydrogen-bond acceptors (Lipinski definition) is 4. The van der Waals surface area contributed by atoms with E-state index in [1.54, 1.807) is 0 Å². The first kappa shape index (κ1) is 34.5. The van der Waals surface area contributed by atoms with Crippen LogP contribution in [0.5, 0.6) is 0 Å². The second-order valence-corrected chi connectivity index (χ2v) is 14.6. The van der Waals surface area contributed by atoms with Crippen LogP contribution in [0.25, 0.3) is 89.5 Å². The van der Waals surface area contributed by atoms with Gasteiger partial charge in [0.25, 0.3) is 0 Å². The van der Waals surface area contributed by atoms with Crippen molar-refractivity contribution in [3.63, 3.8) is 0 Å². The number of rotatable bonds is 6. The van der Waals surface area contributed by atoms with Crippen LogP contribution in [0.3, 0.4) is 0 Å². The van der Waals surface area contributed by atoms with Gasteiger partial charge in [0.1, 0.15) is 58.2 Å². The van der Waals surface area contributed by atoms with Gasteiger partial charge in [0.05, 0.1) is 0 Å². The molecule has 9 rings (SSSR count). The summed E-state index contributed by atoms with van der Waals surface area (Å²) < 4.78 is 6.93. The molecular formula is C45H35B6N3O. The Labute approximate surface area is 327 Å². The van der Waals surface area contributed by atoms with E-state index in [4.69, 9.17) is 19.4 Å². The van der Waals surface area contributed by atoms with Gasteiger partial charge in [-0.05, 0) is 38.8 Å². The highest BCUT2D eigenvalue weighted by molar-refractivity contribution is 6.64. The van der Waals surface area contributed by atoms with Crippen molar-refractivity contribution in [2.75, 3.05) is 0 Å². The van der Waals surface area contributed by atoms with Crippen LogP contribution in [0.15, 0.2) is 144 Å². The molecule has 0 atom stereocenters. The van der Waals surface area contributed by atoms with Gasteiger partial charge in [-0.3, -0.25) is 0 Å². The summed E-state index contributed by atoms with van der Waals surface area (Å²) >= 11 is 0. The van der Waals surface area contributed by atoms with Crippen LogP contribution in [0.4, 0.5) is 0 Å². The normalized spacial score (nSPS) is 11.3. The third-order valence-electron chi connectivity index (χ3n) is 11.4. The molecule has 0 fully saturated rings. The Kier molecular flexibility index (Phi) is 8.70. The summed E-state index contributed by atoms with van der Waals surface area (Å²) in [6, 6.07) is 48.5. The summed E-state index contributed by atoms with van der Waals surface area (Å²) in [5.41, 5.74) is 18.7. The molecule has 0 aliphatic rings. The van der Waals surface area contributed by atoms with Crippen molar-refractivity contribution in [1.82, 2.24) is 15.0 Å². The van der Waals surface area contributed by atoms with Crippen LogP contribution in [-0.2, 0) is 0 Å². The fourth-order valence-corrected chi connectivity index (χ4v) is 8.21. The minimum Gasteiger partial charge on any atom is -0.457 e. The van der Waals surface area contributed by atoms with Gasteiger partial charge in [-0.15, -0.1) is 0 Å². The first-order chi connectivity index (χ1) is 26.8. The summed E-state index contributed by atoms with van der Waals surface area (Å²) in [6.07, 6.45) is 0. The quantitative estimate of drug-likeness (QED) is 0.246.